The summed E-state index contributed by atoms with van der Waals surface area (Å²) in [7, 11) is 0. The fourth-order valence-electron chi connectivity index (χ4n) is 1.83. The zero-order valence-electron chi connectivity index (χ0n) is 8.67. The second kappa shape index (κ2) is 3.74. The van der Waals surface area contributed by atoms with Crippen LogP contribution in [0.3, 0.4) is 0 Å². The predicted octanol–water partition coefficient (Wildman–Crippen LogP) is 3.30. The van der Waals surface area contributed by atoms with Crippen LogP contribution in [0.15, 0.2) is 60.9 Å². The van der Waals surface area contributed by atoms with Crippen LogP contribution in [0.25, 0.3) is 22.2 Å². The van der Waals surface area contributed by atoms with Gasteiger partial charge in [0, 0.05) is 10.9 Å². The van der Waals surface area contributed by atoms with Crippen molar-refractivity contribution in [3.05, 3.63) is 60.9 Å². The molecule has 1 aromatic heterocycles. The molecule has 3 rings (SSSR count). The smallest absolute Gasteiger partial charge is 0.116 e. The third-order valence-electron chi connectivity index (χ3n) is 2.59. The van der Waals surface area contributed by atoms with E-state index in [-0.39, 0.29) is 0 Å². The van der Waals surface area contributed by atoms with Gasteiger partial charge in [0.25, 0.3) is 0 Å². The average Bonchev–Trinajstić information content (AvgIpc) is 2.39. The molecule has 0 aliphatic carbocycles. The number of benzene rings is 2. The Morgan fingerprint density at radius 2 is 1.44 bits per heavy atom. The third kappa shape index (κ3) is 1.44. The Morgan fingerprint density at radius 1 is 0.688 bits per heavy atom. The number of rotatable bonds is 1. The van der Waals surface area contributed by atoms with Crippen molar-refractivity contribution in [3.8, 4) is 11.3 Å². The number of nitrogens with zero attached hydrogens (tertiary/aromatic N) is 2. The zero-order valence-corrected chi connectivity index (χ0v) is 8.67. The summed E-state index contributed by atoms with van der Waals surface area (Å²) in [6.45, 7) is 0. The lowest BCUT2D eigenvalue weighted by molar-refractivity contribution is 1.22. The molecule has 76 valence electrons. The highest BCUT2D eigenvalue weighted by molar-refractivity contribution is 5.91. The van der Waals surface area contributed by atoms with Gasteiger partial charge in [-0.05, 0) is 6.07 Å². The van der Waals surface area contributed by atoms with Crippen LogP contribution in [0.1, 0.15) is 0 Å². The van der Waals surface area contributed by atoms with Gasteiger partial charge in [-0.1, -0.05) is 48.5 Å². The van der Waals surface area contributed by atoms with Crippen LogP contribution in [0.2, 0.25) is 0 Å². The molecule has 0 saturated heterocycles. The maximum Gasteiger partial charge on any atom is 0.116 e. The lowest BCUT2D eigenvalue weighted by Crippen LogP contribution is -1.87. The molecule has 0 fully saturated rings. The Bertz CT molecular complexity index is 612. The molecule has 2 heteroatoms. The standard InChI is InChI=1S/C14H10N2/c1-2-6-11(7-3-1)14-12-8-4-5-9-13(12)15-10-16-14/h1-10H. The molecule has 0 amide bonds. The fourth-order valence-corrected chi connectivity index (χ4v) is 1.83. The Kier molecular flexibility index (Phi) is 2.11. The molecule has 0 spiro atoms. The Hall–Kier alpha value is -2.22. The van der Waals surface area contributed by atoms with Crippen LogP contribution in [-0.2, 0) is 0 Å². The van der Waals surface area contributed by atoms with E-state index in [1.807, 2.05) is 36.4 Å². The summed E-state index contributed by atoms with van der Waals surface area (Å²) in [5.74, 6) is 0. The molecule has 0 radical (unpaired) electrons. The van der Waals surface area contributed by atoms with Gasteiger partial charge < -0.3 is 0 Å². The van der Waals surface area contributed by atoms with Crippen LogP contribution in [0.5, 0.6) is 0 Å². The second-order valence-corrected chi connectivity index (χ2v) is 3.61. The van der Waals surface area contributed by atoms with E-state index in [1.165, 1.54) is 0 Å². The summed E-state index contributed by atoms with van der Waals surface area (Å²) in [4.78, 5) is 8.62. The van der Waals surface area contributed by atoms with E-state index in [0.29, 0.717) is 0 Å². The fraction of sp³-hybridized carbons (Fsp3) is 0. The van der Waals surface area contributed by atoms with Crippen molar-refractivity contribution in [3.63, 3.8) is 0 Å². The number of aromatic nitrogens is 2. The average molecular weight is 206 g/mol. The van der Waals surface area contributed by atoms with E-state index < -0.39 is 0 Å². The van der Waals surface area contributed by atoms with Crippen LogP contribution in [0.4, 0.5) is 0 Å². The normalized spacial score (nSPS) is 10.5. The quantitative estimate of drug-likeness (QED) is 0.610. The molecule has 0 aliphatic rings. The van der Waals surface area contributed by atoms with Crippen molar-refractivity contribution in [1.82, 2.24) is 9.97 Å². The zero-order chi connectivity index (χ0) is 10.8. The highest BCUT2D eigenvalue weighted by Crippen LogP contribution is 2.24. The largest absolute Gasteiger partial charge is 0.236 e. The van der Waals surface area contributed by atoms with Gasteiger partial charge in [-0.25, -0.2) is 9.97 Å². The van der Waals surface area contributed by atoms with Crippen molar-refractivity contribution in [2.75, 3.05) is 0 Å². The maximum atomic E-state index is 4.37. The first-order valence-electron chi connectivity index (χ1n) is 5.20. The highest BCUT2D eigenvalue weighted by atomic mass is 14.8. The monoisotopic (exact) mass is 206 g/mol. The molecule has 0 bridgehead atoms. The number of hydrogen-bond acceptors (Lipinski definition) is 2. The van der Waals surface area contributed by atoms with Crippen LogP contribution < -0.4 is 0 Å². The Morgan fingerprint density at radius 3 is 2.31 bits per heavy atom. The first kappa shape index (κ1) is 9.04. The summed E-state index contributed by atoms with van der Waals surface area (Å²) >= 11 is 0. The van der Waals surface area contributed by atoms with E-state index >= 15 is 0 Å². The van der Waals surface area contributed by atoms with Gasteiger partial charge in [-0.15, -0.1) is 0 Å². The Balaban J connectivity index is 2.32. The minimum absolute atomic E-state index is 0.983. The highest BCUT2D eigenvalue weighted by Gasteiger charge is 2.04. The first-order valence-corrected chi connectivity index (χ1v) is 5.20. The van der Waals surface area contributed by atoms with Gasteiger partial charge in [0.05, 0.1) is 11.2 Å². The van der Waals surface area contributed by atoms with Crippen LogP contribution in [0, 0.1) is 0 Å². The maximum absolute atomic E-state index is 4.37. The van der Waals surface area contributed by atoms with Crippen molar-refractivity contribution < 1.29 is 0 Å². The number of hydrogen-bond donors (Lipinski definition) is 0. The Labute approximate surface area is 93.6 Å². The van der Waals surface area contributed by atoms with E-state index in [0.717, 1.165) is 22.2 Å². The van der Waals surface area contributed by atoms with Gasteiger partial charge in [-0.2, -0.15) is 0 Å². The molecule has 2 nitrogen and oxygen atoms in total. The molecule has 0 unspecified atom stereocenters. The number of fused-ring (bicyclic) bond motifs is 1. The van der Waals surface area contributed by atoms with E-state index in [9.17, 15) is 0 Å². The molecular formula is C14H10N2. The molecule has 16 heavy (non-hydrogen) atoms. The van der Waals surface area contributed by atoms with Crippen LogP contribution >= 0.6 is 0 Å². The summed E-state index contributed by atoms with van der Waals surface area (Å²) in [6, 6.07) is 18.2. The summed E-state index contributed by atoms with van der Waals surface area (Å²) in [6.07, 6.45) is 1.62. The third-order valence-corrected chi connectivity index (χ3v) is 2.59. The van der Waals surface area contributed by atoms with Gasteiger partial charge in [0.1, 0.15) is 6.33 Å². The van der Waals surface area contributed by atoms with Crippen molar-refractivity contribution >= 4 is 10.9 Å². The summed E-state index contributed by atoms with van der Waals surface area (Å²) in [5.41, 5.74) is 3.10. The minimum atomic E-state index is 0.983. The molecule has 0 N–H and O–H groups in total. The van der Waals surface area contributed by atoms with Gasteiger partial charge in [-0.3, -0.25) is 0 Å². The topological polar surface area (TPSA) is 25.8 Å². The van der Waals surface area contributed by atoms with Crippen molar-refractivity contribution in [2.24, 2.45) is 0 Å². The molecule has 0 atom stereocenters. The van der Waals surface area contributed by atoms with Gasteiger partial charge in [0.2, 0.25) is 0 Å². The summed E-state index contributed by atoms with van der Waals surface area (Å²) in [5, 5.41) is 1.09. The van der Waals surface area contributed by atoms with Crippen molar-refractivity contribution in [2.45, 2.75) is 0 Å². The van der Waals surface area contributed by atoms with E-state index in [2.05, 4.69) is 28.2 Å². The molecule has 3 aromatic rings. The molecule has 0 aliphatic heterocycles. The van der Waals surface area contributed by atoms with Gasteiger partial charge >= 0.3 is 0 Å². The van der Waals surface area contributed by atoms with Crippen molar-refractivity contribution in [1.29, 1.82) is 0 Å². The molecule has 0 saturated carbocycles. The molecule has 2 aromatic carbocycles. The first-order chi connectivity index (χ1) is 7.95. The van der Waals surface area contributed by atoms with Gasteiger partial charge in [0.15, 0.2) is 0 Å². The van der Waals surface area contributed by atoms with E-state index in [1.54, 1.807) is 6.33 Å². The summed E-state index contributed by atoms with van der Waals surface area (Å²) < 4.78 is 0. The number of para-hydroxylation sites is 1. The molecular weight excluding hydrogens is 196 g/mol. The molecule has 1 heterocycles. The van der Waals surface area contributed by atoms with Crippen LogP contribution in [-0.4, -0.2) is 9.97 Å². The SMILES string of the molecule is c1ccc(-c2ncnc3ccccc23)cc1. The second-order valence-electron chi connectivity index (χ2n) is 3.61. The predicted molar refractivity (Wildman–Crippen MR) is 65.0 cm³/mol. The lowest BCUT2D eigenvalue weighted by atomic mass is 10.1. The van der Waals surface area contributed by atoms with E-state index in [4.69, 9.17) is 0 Å². The lowest BCUT2D eigenvalue weighted by Gasteiger charge is -2.04. The minimum Gasteiger partial charge on any atom is -0.236 e.